The van der Waals surface area contributed by atoms with E-state index in [9.17, 15) is 29.7 Å². The molecule has 6 bridgehead atoms. The number of benzene rings is 1. The minimum absolute atomic E-state index is 0.0461. The Kier molecular flexibility index (Phi) is 10.9. The molecule has 14 heterocycles. The van der Waals surface area contributed by atoms with Crippen molar-refractivity contribution in [3.8, 4) is 0 Å². The zero-order valence-electron chi connectivity index (χ0n) is 43.7. The van der Waals surface area contributed by atoms with Crippen LogP contribution in [0.25, 0.3) is 32.2 Å². The molecule has 3 aliphatic carbocycles. The molecule has 12 aliphatic rings. The van der Waals surface area contributed by atoms with E-state index in [-0.39, 0.29) is 72.8 Å². The number of carboxylic acids is 3. The van der Waals surface area contributed by atoms with Crippen LogP contribution in [-0.4, -0.2) is 145 Å². The number of pyridine rings is 1. The number of piperidine rings is 6. The lowest BCUT2D eigenvalue weighted by Crippen LogP contribution is -2.56. The van der Waals surface area contributed by atoms with E-state index in [0.717, 1.165) is 139 Å². The fraction of sp³-hybridized carbons (Fsp3) is 0.579. The second-order valence-corrected chi connectivity index (χ2v) is 25.6. The fourth-order valence-electron chi connectivity index (χ4n) is 16.0. The van der Waals surface area contributed by atoms with Gasteiger partial charge >= 0.3 is 17.9 Å². The van der Waals surface area contributed by atoms with Crippen LogP contribution in [0.15, 0.2) is 41.9 Å². The quantitative estimate of drug-likeness (QED) is 0.0982. The molecule has 12 fully saturated rings. The SMILES string of the molecule is C[C@H]1CCN1c1nc(N2C[C@H]3C[C@@H](C2)[C@@H]3CC(=O)O)c2c(C3CN(c4nc(N5C[C@H]6C[C@@H](C5)[C@@H]6CC(=O)O)c5cc(C6CN(c7nc(N8C[C@H]9C[C@@H](C8)[C@@H]9CC(=O)O)c8sccc8n7)[C@H]6C)cnc5n4)[C@H]3C)cccc2n1. The molecule has 3 N–H and O–H groups in total. The van der Waals surface area contributed by atoms with Crippen LogP contribution in [0.1, 0.15) is 88.7 Å². The monoisotopic (exact) mass is 1060 g/mol. The molecular weight excluding hydrogens is 995 g/mol. The lowest BCUT2D eigenvalue weighted by atomic mass is 9.60. The Balaban J connectivity index is 0.723. The summed E-state index contributed by atoms with van der Waals surface area (Å²) in [6, 6.07) is 11.3. The summed E-state index contributed by atoms with van der Waals surface area (Å²) in [5.41, 5.74) is 4.85. The molecule has 2 unspecified atom stereocenters. The highest BCUT2D eigenvalue weighted by atomic mass is 32.1. The van der Waals surface area contributed by atoms with Crippen molar-refractivity contribution in [2.45, 2.75) is 95.7 Å². The molecular formula is C57H65N13O6S. The molecule has 77 heavy (non-hydrogen) atoms. The van der Waals surface area contributed by atoms with Crippen molar-refractivity contribution in [2.24, 2.45) is 53.3 Å². The van der Waals surface area contributed by atoms with E-state index in [4.69, 9.17) is 34.9 Å². The number of rotatable bonds is 14. The zero-order valence-corrected chi connectivity index (χ0v) is 44.5. The highest BCUT2D eigenvalue weighted by molar-refractivity contribution is 7.17. The standard InChI is InChI=1S/C57H65N13O6S/c1-27-7-9-68(27)55-59-44-6-4-5-37(49(44)53(63-55)66-21-33-12-34(22-66)39(33)16-47(73)74)43-26-70(29(43)3)57-61-51-41(52(62-57)65-19-31-11-32(20-65)38(31)15-46(71)72)14-30(18-58-51)42-25-69(28(42)2)56-60-45-8-10-77-50(45)54(64-56)67-23-35-13-36(24-67)40(35)17-48(75)76/h4-6,8,10,14,18,27-29,31-36,38-40,42-43H,7,9,11-13,15-17,19-26H2,1-3H3,(H,71,72)(H,73,74)(H,75,76)/t27-,28-,29-,31-,32+,33-,34+,35-,36+,38-,39-,40-,42?,43?/m0/s1. The summed E-state index contributed by atoms with van der Waals surface area (Å²) in [6.45, 7) is 13.8. The molecule has 6 aromatic rings. The van der Waals surface area contributed by atoms with Crippen molar-refractivity contribution in [3.05, 3.63) is 53.0 Å². The number of carboxylic acid groups (broad SMARTS) is 3. The molecule has 400 valence electrons. The number of carbonyl (C=O) groups is 3. The van der Waals surface area contributed by atoms with Gasteiger partial charge in [-0.05, 0) is 134 Å². The van der Waals surface area contributed by atoms with Gasteiger partial charge in [0.15, 0.2) is 11.5 Å². The number of nitrogens with zero attached hydrogens (tertiary/aromatic N) is 13. The Hall–Kier alpha value is -6.70. The molecule has 0 radical (unpaired) electrons. The van der Waals surface area contributed by atoms with E-state index in [1.165, 1.54) is 5.56 Å². The summed E-state index contributed by atoms with van der Waals surface area (Å²) < 4.78 is 1.08. The third-order valence-electron chi connectivity index (χ3n) is 20.7. The van der Waals surface area contributed by atoms with Crippen molar-refractivity contribution < 1.29 is 29.7 Å². The van der Waals surface area contributed by atoms with Gasteiger partial charge in [-0.1, -0.05) is 12.1 Å². The molecule has 9 aliphatic heterocycles. The van der Waals surface area contributed by atoms with Crippen molar-refractivity contribution in [1.82, 2.24) is 34.9 Å². The molecule has 0 spiro atoms. The van der Waals surface area contributed by atoms with Gasteiger partial charge in [-0.25, -0.2) is 15.0 Å². The largest absolute Gasteiger partial charge is 0.481 e. The molecule has 9 saturated heterocycles. The first-order valence-electron chi connectivity index (χ1n) is 28.2. The van der Waals surface area contributed by atoms with Crippen LogP contribution in [0.2, 0.25) is 0 Å². The number of fused-ring (bicyclic) bond motifs is 9. The van der Waals surface area contributed by atoms with E-state index in [0.29, 0.717) is 47.9 Å². The Morgan fingerprint density at radius 2 is 1.10 bits per heavy atom. The second kappa shape index (κ2) is 17.7. The minimum atomic E-state index is -0.731. The van der Waals surface area contributed by atoms with Crippen LogP contribution in [0, 0.1) is 53.3 Å². The smallest absolute Gasteiger partial charge is 0.303 e. The number of thiophene rings is 1. The normalized spacial score (nSPS) is 32.8. The van der Waals surface area contributed by atoms with Crippen LogP contribution in [0.3, 0.4) is 0 Å². The first-order valence-corrected chi connectivity index (χ1v) is 29.1. The molecule has 3 saturated carbocycles. The van der Waals surface area contributed by atoms with E-state index in [1.807, 2.05) is 6.20 Å². The highest BCUT2D eigenvalue weighted by Gasteiger charge is 2.52. The van der Waals surface area contributed by atoms with Gasteiger partial charge in [0.05, 0.1) is 21.1 Å². The average molecular weight is 1060 g/mol. The fourth-order valence-corrected chi connectivity index (χ4v) is 16.8. The first-order chi connectivity index (χ1) is 37.3. The van der Waals surface area contributed by atoms with Gasteiger partial charge in [-0.15, -0.1) is 11.3 Å². The summed E-state index contributed by atoms with van der Waals surface area (Å²) in [6.07, 6.45) is 6.98. The predicted molar refractivity (Wildman–Crippen MR) is 293 cm³/mol. The summed E-state index contributed by atoms with van der Waals surface area (Å²) in [7, 11) is 0. The molecule has 5 aromatic heterocycles. The highest BCUT2D eigenvalue weighted by Crippen LogP contribution is 2.53. The Labute approximate surface area is 449 Å². The van der Waals surface area contributed by atoms with Gasteiger partial charge in [-0.3, -0.25) is 14.4 Å². The molecule has 19 nitrogen and oxygen atoms in total. The van der Waals surface area contributed by atoms with Gasteiger partial charge < -0.3 is 44.7 Å². The van der Waals surface area contributed by atoms with Crippen LogP contribution in [0.5, 0.6) is 0 Å². The maximum atomic E-state index is 11.9. The summed E-state index contributed by atoms with van der Waals surface area (Å²) in [5.74, 6) is 5.72. The van der Waals surface area contributed by atoms with Crippen LogP contribution in [-0.2, 0) is 14.4 Å². The van der Waals surface area contributed by atoms with Crippen molar-refractivity contribution in [2.75, 3.05) is 88.3 Å². The van der Waals surface area contributed by atoms with E-state index < -0.39 is 17.9 Å². The minimum Gasteiger partial charge on any atom is -0.481 e. The van der Waals surface area contributed by atoms with Gasteiger partial charge in [-0.2, -0.15) is 19.9 Å². The molecule has 1 aromatic carbocycles. The average Bonchev–Trinajstić information content (AvgIpc) is 3.91. The lowest BCUT2D eigenvalue weighted by Gasteiger charge is -2.54. The summed E-state index contributed by atoms with van der Waals surface area (Å²) in [5, 5.41) is 33.1. The Morgan fingerprint density at radius 3 is 1.66 bits per heavy atom. The third-order valence-corrected chi connectivity index (χ3v) is 21.6. The lowest BCUT2D eigenvalue weighted by molar-refractivity contribution is -0.142. The topological polar surface area (TPSA) is 222 Å². The maximum Gasteiger partial charge on any atom is 0.303 e. The third kappa shape index (κ3) is 7.59. The van der Waals surface area contributed by atoms with Crippen LogP contribution >= 0.6 is 11.3 Å². The van der Waals surface area contributed by atoms with Crippen molar-refractivity contribution in [3.63, 3.8) is 0 Å². The van der Waals surface area contributed by atoms with E-state index >= 15 is 0 Å². The van der Waals surface area contributed by atoms with Gasteiger partial charge in [0.25, 0.3) is 0 Å². The van der Waals surface area contributed by atoms with Crippen molar-refractivity contribution >= 4 is 96.7 Å². The molecule has 18 rings (SSSR count). The predicted octanol–water partition coefficient (Wildman–Crippen LogP) is 7.20. The second-order valence-electron chi connectivity index (χ2n) is 24.7. The maximum absolute atomic E-state index is 11.9. The summed E-state index contributed by atoms with van der Waals surface area (Å²) in [4.78, 5) is 86.3. The summed E-state index contributed by atoms with van der Waals surface area (Å²) >= 11 is 1.66. The van der Waals surface area contributed by atoms with E-state index in [2.05, 4.69) is 85.9 Å². The first kappa shape index (κ1) is 47.5. The van der Waals surface area contributed by atoms with Gasteiger partial charge in [0.2, 0.25) is 17.8 Å². The molecule has 20 heteroatoms. The van der Waals surface area contributed by atoms with Gasteiger partial charge in [0, 0.05) is 120 Å². The molecule has 14 atom stereocenters. The number of hydrogen-bond acceptors (Lipinski definition) is 17. The number of anilines is 6. The molecule has 0 amide bonds. The number of aromatic nitrogens is 7. The number of hydrogen-bond donors (Lipinski definition) is 3. The van der Waals surface area contributed by atoms with Crippen molar-refractivity contribution in [1.29, 1.82) is 0 Å². The zero-order chi connectivity index (χ0) is 52.3. The van der Waals surface area contributed by atoms with Crippen LogP contribution in [0.4, 0.5) is 35.3 Å². The van der Waals surface area contributed by atoms with E-state index in [1.54, 1.807) is 11.3 Å². The van der Waals surface area contributed by atoms with Gasteiger partial charge in [0.1, 0.15) is 11.6 Å². The number of aliphatic carboxylic acids is 3. The van der Waals surface area contributed by atoms with Crippen LogP contribution < -0.4 is 29.4 Å². The Bertz CT molecular complexity index is 3400. The Morgan fingerprint density at radius 1 is 0.584 bits per heavy atom.